The molecule has 0 spiro atoms. The molecule has 30 heavy (non-hydrogen) atoms. The molecule has 0 amide bonds. The average molecular weight is 393 g/mol. The molecule has 0 saturated heterocycles. The van der Waals surface area contributed by atoms with Gasteiger partial charge in [-0.2, -0.15) is 0 Å². The number of benzene rings is 4. The molecule has 3 heteroatoms. The van der Waals surface area contributed by atoms with Crippen LogP contribution in [0.2, 0.25) is 0 Å². The van der Waals surface area contributed by atoms with E-state index in [-0.39, 0.29) is 0 Å². The van der Waals surface area contributed by atoms with E-state index in [2.05, 4.69) is 30.3 Å². The van der Waals surface area contributed by atoms with E-state index in [1.54, 1.807) is 7.11 Å². The minimum Gasteiger partial charge on any atom is -0.496 e. The molecule has 0 aliphatic heterocycles. The number of nitrogens with zero attached hydrogens (tertiary/aromatic N) is 1. The summed E-state index contributed by atoms with van der Waals surface area (Å²) in [6.45, 7) is 0.474. The number of methoxy groups -OCH3 is 1. The van der Waals surface area contributed by atoms with Crippen LogP contribution in [-0.4, -0.2) is 13.3 Å². The topological polar surface area (TPSA) is 30.8 Å². The van der Waals surface area contributed by atoms with Crippen molar-refractivity contribution in [2.75, 3.05) is 7.11 Å². The molecule has 0 fully saturated rings. The SMILES string of the molecule is COc1ccccc1/C=N/c1cccc(-c2ccccc2)c1OCc1ccccc1. The van der Waals surface area contributed by atoms with E-state index < -0.39 is 0 Å². The van der Waals surface area contributed by atoms with Gasteiger partial charge in [-0.15, -0.1) is 0 Å². The number of rotatable bonds is 7. The first-order valence-corrected chi connectivity index (χ1v) is 9.87. The smallest absolute Gasteiger partial charge is 0.153 e. The summed E-state index contributed by atoms with van der Waals surface area (Å²) >= 11 is 0. The van der Waals surface area contributed by atoms with Crippen LogP contribution in [0.5, 0.6) is 11.5 Å². The zero-order valence-electron chi connectivity index (χ0n) is 16.9. The highest BCUT2D eigenvalue weighted by molar-refractivity contribution is 5.87. The van der Waals surface area contributed by atoms with Gasteiger partial charge >= 0.3 is 0 Å². The Balaban J connectivity index is 1.72. The van der Waals surface area contributed by atoms with E-state index in [0.717, 1.165) is 39.4 Å². The highest BCUT2D eigenvalue weighted by atomic mass is 16.5. The molecular formula is C27H23NO2. The average Bonchev–Trinajstić information content (AvgIpc) is 2.83. The third kappa shape index (κ3) is 4.58. The van der Waals surface area contributed by atoms with E-state index in [1.165, 1.54) is 0 Å². The van der Waals surface area contributed by atoms with Crippen LogP contribution in [0.25, 0.3) is 11.1 Å². The number of hydrogen-bond acceptors (Lipinski definition) is 3. The molecule has 4 aromatic rings. The number of ether oxygens (including phenoxy) is 2. The highest BCUT2D eigenvalue weighted by Crippen LogP contribution is 2.39. The Morgan fingerprint density at radius 1 is 0.733 bits per heavy atom. The zero-order chi connectivity index (χ0) is 20.6. The van der Waals surface area contributed by atoms with Gasteiger partial charge in [0.25, 0.3) is 0 Å². The zero-order valence-corrected chi connectivity index (χ0v) is 16.9. The molecule has 0 heterocycles. The molecule has 4 aromatic carbocycles. The lowest BCUT2D eigenvalue weighted by atomic mass is 10.0. The Morgan fingerprint density at radius 3 is 2.20 bits per heavy atom. The quantitative estimate of drug-likeness (QED) is 0.327. The van der Waals surface area contributed by atoms with Gasteiger partial charge in [0.1, 0.15) is 18.0 Å². The first-order chi connectivity index (χ1) is 14.8. The Kier molecular flexibility index (Phi) is 6.21. The van der Waals surface area contributed by atoms with Crippen LogP contribution < -0.4 is 9.47 Å². The third-order valence-corrected chi connectivity index (χ3v) is 4.79. The van der Waals surface area contributed by atoms with Gasteiger partial charge in [-0.3, -0.25) is 4.99 Å². The van der Waals surface area contributed by atoms with Crippen LogP contribution in [0.1, 0.15) is 11.1 Å². The van der Waals surface area contributed by atoms with Gasteiger partial charge in [-0.25, -0.2) is 0 Å². The standard InChI is InChI=1S/C27H23NO2/c1-29-26-18-9-8-15-23(26)19-28-25-17-10-16-24(22-13-6-3-7-14-22)27(25)30-20-21-11-4-2-5-12-21/h2-19H,20H2,1H3/b28-19+. The fourth-order valence-electron chi connectivity index (χ4n) is 3.27. The molecule has 0 N–H and O–H groups in total. The fourth-order valence-corrected chi connectivity index (χ4v) is 3.27. The molecule has 3 nitrogen and oxygen atoms in total. The molecule has 0 atom stereocenters. The summed E-state index contributed by atoms with van der Waals surface area (Å²) in [5.41, 5.74) is 4.91. The van der Waals surface area contributed by atoms with Crippen LogP contribution in [0.3, 0.4) is 0 Å². The van der Waals surface area contributed by atoms with Crippen molar-refractivity contribution in [1.82, 2.24) is 0 Å². The van der Waals surface area contributed by atoms with E-state index in [0.29, 0.717) is 6.61 Å². The summed E-state index contributed by atoms with van der Waals surface area (Å²) < 4.78 is 11.7. The normalized spacial score (nSPS) is 10.8. The van der Waals surface area contributed by atoms with E-state index in [1.807, 2.05) is 79.0 Å². The van der Waals surface area contributed by atoms with Crippen molar-refractivity contribution in [2.45, 2.75) is 6.61 Å². The lowest BCUT2D eigenvalue weighted by Gasteiger charge is -2.14. The summed E-state index contributed by atoms with van der Waals surface area (Å²) in [4.78, 5) is 4.75. The highest BCUT2D eigenvalue weighted by Gasteiger charge is 2.12. The first-order valence-electron chi connectivity index (χ1n) is 9.87. The van der Waals surface area contributed by atoms with Crippen molar-refractivity contribution in [3.05, 3.63) is 114 Å². The van der Waals surface area contributed by atoms with E-state index >= 15 is 0 Å². The number of hydrogen-bond donors (Lipinski definition) is 0. The van der Waals surface area contributed by atoms with Crippen LogP contribution >= 0.6 is 0 Å². The first kappa shape index (κ1) is 19.5. The molecule has 0 radical (unpaired) electrons. The van der Waals surface area contributed by atoms with Gasteiger partial charge in [0.15, 0.2) is 5.75 Å². The maximum absolute atomic E-state index is 6.31. The van der Waals surface area contributed by atoms with Gasteiger partial charge < -0.3 is 9.47 Å². The van der Waals surface area contributed by atoms with Crippen LogP contribution in [-0.2, 0) is 6.61 Å². The Morgan fingerprint density at radius 2 is 1.43 bits per heavy atom. The minimum atomic E-state index is 0.474. The molecule has 0 aliphatic rings. The van der Waals surface area contributed by atoms with Crippen LogP contribution in [0.15, 0.2) is 108 Å². The summed E-state index contributed by atoms with van der Waals surface area (Å²) in [6, 6.07) is 34.3. The minimum absolute atomic E-state index is 0.474. The van der Waals surface area contributed by atoms with Gasteiger partial charge in [-0.1, -0.05) is 84.9 Å². The second kappa shape index (κ2) is 9.57. The lowest BCUT2D eigenvalue weighted by Crippen LogP contribution is -1.97. The van der Waals surface area contributed by atoms with Crippen molar-refractivity contribution < 1.29 is 9.47 Å². The second-order valence-corrected chi connectivity index (χ2v) is 6.79. The maximum atomic E-state index is 6.31. The molecule has 0 saturated carbocycles. The molecule has 0 aliphatic carbocycles. The third-order valence-electron chi connectivity index (χ3n) is 4.79. The molecule has 148 valence electrons. The van der Waals surface area contributed by atoms with Crippen molar-refractivity contribution in [2.24, 2.45) is 4.99 Å². The Hall–Kier alpha value is -3.85. The van der Waals surface area contributed by atoms with E-state index in [9.17, 15) is 0 Å². The monoisotopic (exact) mass is 393 g/mol. The number of aliphatic imine (C=N–C) groups is 1. The number of para-hydroxylation sites is 2. The Bertz CT molecular complexity index is 1120. The molecule has 0 aromatic heterocycles. The van der Waals surface area contributed by atoms with Crippen molar-refractivity contribution in [1.29, 1.82) is 0 Å². The molecular weight excluding hydrogens is 370 g/mol. The Labute approximate surface area is 177 Å². The maximum Gasteiger partial charge on any atom is 0.153 e. The van der Waals surface area contributed by atoms with Crippen LogP contribution in [0, 0.1) is 0 Å². The summed E-state index contributed by atoms with van der Waals surface area (Å²) in [7, 11) is 1.66. The summed E-state index contributed by atoms with van der Waals surface area (Å²) in [5.74, 6) is 1.55. The largest absolute Gasteiger partial charge is 0.496 e. The van der Waals surface area contributed by atoms with Gasteiger partial charge in [0.05, 0.1) is 7.11 Å². The predicted octanol–water partition coefficient (Wildman–Crippen LogP) is 6.69. The van der Waals surface area contributed by atoms with Crippen molar-refractivity contribution in [3.63, 3.8) is 0 Å². The molecule has 0 unspecified atom stereocenters. The lowest BCUT2D eigenvalue weighted by molar-refractivity contribution is 0.309. The van der Waals surface area contributed by atoms with Gasteiger partial charge in [0, 0.05) is 17.3 Å². The van der Waals surface area contributed by atoms with Crippen molar-refractivity contribution in [3.8, 4) is 22.6 Å². The predicted molar refractivity (Wildman–Crippen MR) is 123 cm³/mol. The molecule has 0 bridgehead atoms. The van der Waals surface area contributed by atoms with Gasteiger partial charge in [-0.05, 0) is 29.3 Å². The van der Waals surface area contributed by atoms with Crippen molar-refractivity contribution >= 4 is 11.9 Å². The second-order valence-electron chi connectivity index (χ2n) is 6.79. The van der Waals surface area contributed by atoms with Crippen LogP contribution in [0.4, 0.5) is 5.69 Å². The summed E-state index contributed by atoms with van der Waals surface area (Å²) in [5, 5.41) is 0. The molecule has 4 rings (SSSR count). The van der Waals surface area contributed by atoms with E-state index in [4.69, 9.17) is 14.5 Å². The fraction of sp³-hybridized carbons (Fsp3) is 0.0741. The summed E-state index contributed by atoms with van der Waals surface area (Å²) in [6.07, 6.45) is 1.82. The van der Waals surface area contributed by atoms with Gasteiger partial charge in [0.2, 0.25) is 0 Å².